The molecule has 0 radical (unpaired) electrons. The zero-order chi connectivity index (χ0) is 22.3. The number of benzene rings is 1. The topological polar surface area (TPSA) is 115 Å². The van der Waals surface area contributed by atoms with E-state index in [0.717, 1.165) is 0 Å². The van der Waals surface area contributed by atoms with E-state index < -0.39 is 16.0 Å². The summed E-state index contributed by atoms with van der Waals surface area (Å²) in [6, 6.07) is 9.81. The molecule has 162 valence electrons. The SMILES string of the molecule is CCN(CC)S(=O)(=O)c1ccc(/C=C/C(=O)OCc2nc(-c3cccnc3)no2)cc1. The summed E-state index contributed by atoms with van der Waals surface area (Å²) in [5, 5.41) is 3.82. The molecule has 2 heterocycles. The number of carbonyl (C=O) groups excluding carboxylic acids is 1. The lowest BCUT2D eigenvalue weighted by molar-refractivity contribution is -0.139. The van der Waals surface area contributed by atoms with Crippen LogP contribution in [-0.2, 0) is 26.2 Å². The van der Waals surface area contributed by atoms with Crippen LogP contribution in [0.4, 0.5) is 0 Å². The Morgan fingerprint density at radius 2 is 1.90 bits per heavy atom. The lowest BCUT2D eigenvalue weighted by Crippen LogP contribution is -2.30. The zero-order valence-corrected chi connectivity index (χ0v) is 17.9. The van der Waals surface area contributed by atoms with E-state index in [2.05, 4.69) is 15.1 Å². The first-order valence-electron chi connectivity index (χ1n) is 9.62. The maximum Gasteiger partial charge on any atom is 0.331 e. The second-order valence-corrected chi connectivity index (χ2v) is 8.29. The summed E-state index contributed by atoms with van der Waals surface area (Å²) in [6.45, 7) is 4.21. The van der Waals surface area contributed by atoms with E-state index in [1.165, 1.54) is 28.6 Å². The minimum atomic E-state index is -3.52. The molecular weight excluding hydrogens is 420 g/mol. The highest BCUT2D eigenvalue weighted by molar-refractivity contribution is 7.89. The first-order valence-corrected chi connectivity index (χ1v) is 11.1. The minimum absolute atomic E-state index is 0.159. The van der Waals surface area contributed by atoms with Crippen LogP contribution in [0.1, 0.15) is 25.3 Å². The van der Waals surface area contributed by atoms with E-state index in [9.17, 15) is 13.2 Å². The fourth-order valence-corrected chi connectivity index (χ4v) is 4.19. The van der Waals surface area contributed by atoms with Crippen LogP contribution in [0, 0.1) is 0 Å². The second kappa shape index (κ2) is 10.1. The van der Waals surface area contributed by atoms with Crippen molar-refractivity contribution in [3.05, 3.63) is 66.3 Å². The normalized spacial score (nSPS) is 11.8. The molecule has 0 aliphatic carbocycles. The van der Waals surface area contributed by atoms with E-state index in [1.54, 1.807) is 50.5 Å². The quantitative estimate of drug-likeness (QED) is 0.367. The maximum atomic E-state index is 12.5. The molecule has 0 aliphatic rings. The number of nitrogens with zero attached hydrogens (tertiary/aromatic N) is 4. The largest absolute Gasteiger partial charge is 0.452 e. The molecule has 31 heavy (non-hydrogen) atoms. The number of hydrogen-bond donors (Lipinski definition) is 0. The van der Waals surface area contributed by atoms with Gasteiger partial charge >= 0.3 is 5.97 Å². The van der Waals surface area contributed by atoms with Gasteiger partial charge < -0.3 is 9.26 Å². The highest BCUT2D eigenvalue weighted by Crippen LogP contribution is 2.17. The molecule has 0 N–H and O–H groups in total. The third-order valence-electron chi connectivity index (χ3n) is 4.36. The number of ether oxygens (including phenoxy) is 1. The number of carbonyl (C=O) groups is 1. The predicted molar refractivity (Wildman–Crippen MR) is 113 cm³/mol. The Kier molecular flexibility index (Phi) is 7.27. The fourth-order valence-electron chi connectivity index (χ4n) is 2.73. The Hall–Kier alpha value is -3.37. The van der Waals surface area contributed by atoms with E-state index in [-0.39, 0.29) is 17.4 Å². The van der Waals surface area contributed by atoms with Crippen molar-refractivity contribution in [2.24, 2.45) is 0 Å². The highest BCUT2D eigenvalue weighted by Gasteiger charge is 2.21. The maximum absolute atomic E-state index is 12.5. The van der Waals surface area contributed by atoms with Gasteiger partial charge in [0.25, 0.3) is 5.89 Å². The first kappa shape index (κ1) is 22.3. The molecule has 10 heteroatoms. The molecule has 0 saturated heterocycles. The van der Waals surface area contributed by atoms with Crippen molar-refractivity contribution in [3.8, 4) is 11.4 Å². The van der Waals surface area contributed by atoms with Crippen LogP contribution in [0.25, 0.3) is 17.5 Å². The minimum Gasteiger partial charge on any atom is -0.452 e. The van der Waals surface area contributed by atoms with E-state index in [4.69, 9.17) is 9.26 Å². The zero-order valence-electron chi connectivity index (χ0n) is 17.1. The van der Waals surface area contributed by atoms with E-state index in [0.29, 0.717) is 30.0 Å². The van der Waals surface area contributed by atoms with Crippen molar-refractivity contribution in [2.45, 2.75) is 25.3 Å². The van der Waals surface area contributed by atoms with Crippen molar-refractivity contribution < 1.29 is 22.5 Å². The molecule has 0 amide bonds. The van der Waals surface area contributed by atoms with Crippen molar-refractivity contribution >= 4 is 22.1 Å². The Morgan fingerprint density at radius 3 is 2.55 bits per heavy atom. The van der Waals surface area contributed by atoms with Gasteiger partial charge in [-0.25, -0.2) is 13.2 Å². The number of hydrogen-bond acceptors (Lipinski definition) is 8. The molecular formula is C21H22N4O5S. The van der Waals surface area contributed by atoms with Gasteiger partial charge in [0.1, 0.15) is 0 Å². The molecule has 0 atom stereocenters. The molecule has 3 rings (SSSR count). The number of aromatic nitrogens is 3. The van der Waals surface area contributed by atoms with Gasteiger partial charge in [-0.05, 0) is 35.9 Å². The van der Waals surface area contributed by atoms with Gasteiger partial charge in [-0.1, -0.05) is 31.1 Å². The van der Waals surface area contributed by atoms with Gasteiger partial charge in [0.2, 0.25) is 15.8 Å². The molecule has 9 nitrogen and oxygen atoms in total. The third-order valence-corrected chi connectivity index (χ3v) is 6.43. The van der Waals surface area contributed by atoms with Gasteiger partial charge in [-0.3, -0.25) is 4.98 Å². The van der Waals surface area contributed by atoms with Crippen LogP contribution in [-0.4, -0.2) is 46.9 Å². The summed E-state index contributed by atoms with van der Waals surface area (Å²) >= 11 is 0. The monoisotopic (exact) mass is 442 g/mol. The lowest BCUT2D eigenvalue weighted by atomic mass is 10.2. The van der Waals surface area contributed by atoms with Crippen LogP contribution >= 0.6 is 0 Å². The molecule has 0 spiro atoms. The summed E-state index contributed by atoms with van der Waals surface area (Å²) < 4.78 is 36.5. The molecule has 0 saturated carbocycles. The predicted octanol–water partition coefficient (Wildman–Crippen LogP) is 2.92. The Balaban J connectivity index is 1.56. The van der Waals surface area contributed by atoms with Crippen molar-refractivity contribution in [2.75, 3.05) is 13.1 Å². The smallest absolute Gasteiger partial charge is 0.331 e. The molecule has 1 aromatic carbocycles. The molecule has 2 aromatic heterocycles. The summed E-state index contributed by atoms with van der Waals surface area (Å²) in [5.74, 6) is -0.0815. The van der Waals surface area contributed by atoms with Gasteiger partial charge in [-0.15, -0.1) is 0 Å². The average molecular weight is 442 g/mol. The molecule has 0 unspecified atom stereocenters. The number of esters is 1. The van der Waals surface area contributed by atoms with Crippen molar-refractivity contribution in [1.82, 2.24) is 19.4 Å². The molecule has 0 fully saturated rings. The fraction of sp³-hybridized carbons (Fsp3) is 0.238. The van der Waals surface area contributed by atoms with Crippen molar-refractivity contribution in [1.29, 1.82) is 0 Å². The van der Waals surface area contributed by atoms with Crippen LogP contribution < -0.4 is 0 Å². The Bertz CT molecular complexity index is 1140. The van der Waals surface area contributed by atoms with Gasteiger partial charge in [0.15, 0.2) is 6.61 Å². The average Bonchev–Trinajstić information content (AvgIpc) is 3.27. The third kappa shape index (κ3) is 5.62. The highest BCUT2D eigenvalue weighted by atomic mass is 32.2. The summed E-state index contributed by atoms with van der Waals surface area (Å²) in [5.41, 5.74) is 1.35. The van der Waals surface area contributed by atoms with Gasteiger partial charge in [0.05, 0.1) is 4.90 Å². The lowest BCUT2D eigenvalue weighted by Gasteiger charge is -2.18. The van der Waals surface area contributed by atoms with Crippen LogP contribution in [0.5, 0.6) is 0 Å². The summed E-state index contributed by atoms with van der Waals surface area (Å²) in [7, 11) is -3.52. The molecule has 3 aromatic rings. The van der Waals surface area contributed by atoms with Crippen LogP contribution in [0.2, 0.25) is 0 Å². The van der Waals surface area contributed by atoms with Crippen LogP contribution in [0.3, 0.4) is 0 Å². The van der Waals surface area contributed by atoms with Crippen molar-refractivity contribution in [3.63, 3.8) is 0 Å². The standard InChI is InChI=1S/C21H22N4O5S/c1-3-25(4-2)31(27,28)18-10-7-16(8-11-18)9-12-20(26)29-15-19-23-21(24-30-19)17-6-5-13-22-14-17/h5-14H,3-4,15H2,1-2H3/b12-9+. The summed E-state index contributed by atoms with van der Waals surface area (Å²) in [4.78, 5) is 20.3. The summed E-state index contributed by atoms with van der Waals surface area (Å²) in [6.07, 6.45) is 6.01. The Labute approximate surface area is 180 Å². The first-order chi connectivity index (χ1) is 14.9. The Morgan fingerprint density at radius 1 is 1.16 bits per heavy atom. The van der Waals surface area contributed by atoms with Crippen LogP contribution in [0.15, 0.2) is 64.3 Å². The second-order valence-electron chi connectivity index (χ2n) is 6.35. The van der Waals surface area contributed by atoms with E-state index in [1.807, 2.05) is 0 Å². The van der Waals surface area contributed by atoms with E-state index >= 15 is 0 Å². The number of rotatable bonds is 9. The number of pyridine rings is 1. The molecule has 0 aliphatic heterocycles. The van der Waals surface area contributed by atoms with Gasteiger partial charge in [0, 0.05) is 37.1 Å². The van der Waals surface area contributed by atoms with Gasteiger partial charge in [-0.2, -0.15) is 9.29 Å². The molecule has 0 bridgehead atoms. The number of sulfonamides is 1.